The second-order valence-electron chi connectivity index (χ2n) is 3.83. The average molecular weight is 257 g/mol. The summed E-state index contributed by atoms with van der Waals surface area (Å²) in [7, 11) is 1.57. The Bertz CT molecular complexity index is 710. The Morgan fingerprint density at radius 3 is 2.32 bits per heavy atom. The molecule has 3 rings (SSSR count). The fraction of sp³-hybridized carbons (Fsp3) is 0.188. The van der Waals surface area contributed by atoms with Crippen molar-refractivity contribution >= 4 is 21.7 Å². The van der Waals surface area contributed by atoms with Gasteiger partial charge >= 0.3 is 0 Å². The second kappa shape index (κ2) is 5.65. The standard InChI is InChI=1S/C14H10FNO.C2H6/c1-17-14-12-5-3-2-4-10(12)11-7-6-9(15)8-13(11)16-14;1-2/h2-8H,1H3;1-2H3. The van der Waals surface area contributed by atoms with E-state index >= 15 is 0 Å². The number of pyridine rings is 1. The first kappa shape index (κ1) is 13.3. The Morgan fingerprint density at radius 2 is 1.63 bits per heavy atom. The molecule has 0 radical (unpaired) electrons. The first-order chi connectivity index (χ1) is 9.29. The molecule has 1 aromatic heterocycles. The predicted molar refractivity (Wildman–Crippen MR) is 77.1 cm³/mol. The number of hydrogen-bond donors (Lipinski definition) is 0. The van der Waals surface area contributed by atoms with Crippen LogP contribution in [0, 0.1) is 5.82 Å². The molecule has 0 unspecified atom stereocenters. The molecule has 3 heteroatoms. The SMILES string of the molecule is CC.COc1nc2cc(F)ccc2c2ccccc12. The summed E-state index contributed by atoms with van der Waals surface area (Å²) >= 11 is 0. The van der Waals surface area contributed by atoms with E-state index in [1.807, 2.05) is 38.1 Å². The smallest absolute Gasteiger partial charge is 0.221 e. The monoisotopic (exact) mass is 257 g/mol. The summed E-state index contributed by atoms with van der Waals surface area (Å²) in [4.78, 5) is 4.32. The third kappa shape index (κ3) is 2.36. The summed E-state index contributed by atoms with van der Waals surface area (Å²) in [6, 6.07) is 12.4. The molecule has 0 N–H and O–H groups in total. The molecule has 19 heavy (non-hydrogen) atoms. The highest BCUT2D eigenvalue weighted by Crippen LogP contribution is 2.30. The second-order valence-corrected chi connectivity index (χ2v) is 3.83. The molecule has 0 saturated heterocycles. The van der Waals surface area contributed by atoms with Crippen LogP contribution in [0.5, 0.6) is 5.88 Å². The highest BCUT2D eigenvalue weighted by molar-refractivity contribution is 6.07. The van der Waals surface area contributed by atoms with Crippen LogP contribution < -0.4 is 4.74 Å². The number of methoxy groups -OCH3 is 1. The zero-order chi connectivity index (χ0) is 13.8. The van der Waals surface area contributed by atoms with Gasteiger partial charge in [-0.2, -0.15) is 0 Å². The van der Waals surface area contributed by atoms with Crippen LogP contribution in [0.3, 0.4) is 0 Å². The normalized spacial score (nSPS) is 10.1. The van der Waals surface area contributed by atoms with E-state index in [0.29, 0.717) is 11.4 Å². The van der Waals surface area contributed by atoms with Crippen molar-refractivity contribution in [3.8, 4) is 5.88 Å². The summed E-state index contributed by atoms with van der Waals surface area (Å²) in [5.74, 6) is 0.237. The molecule has 0 bridgehead atoms. The van der Waals surface area contributed by atoms with Gasteiger partial charge in [0, 0.05) is 16.8 Å². The first-order valence-corrected chi connectivity index (χ1v) is 6.31. The summed E-state index contributed by atoms with van der Waals surface area (Å²) in [5, 5.41) is 2.89. The van der Waals surface area contributed by atoms with Crippen molar-refractivity contribution in [3.05, 3.63) is 48.3 Å². The lowest BCUT2D eigenvalue weighted by molar-refractivity contribution is 0.405. The molecule has 0 aliphatic carbocycles. The van der Waals surface area contributed by atoms with Gasteiger partial charge in [-0.05, 0) is 23.6 Å². The van der Waals surface area contributed by atoms with Crippen LogP contribution in [0.4, 0.5) is 4.39 Å². The van der Waals surface area contributed by atoms with Crippen molar-refractivity contribution in [1.29, 1.82) is 0 Å². The lowest BCUT2D eigenvalue weighted by atomic mass is 10.1. The Hall–Kier alpha value is -2.16. The van der Waals surface area contributed by atoms with E-state index in [-0.39, 0.29) is 5.82 Å². The van der Waals surface area contributed by atoms with Gasteiger partial charge in [0.05, 0.1) is 12.6 Å². The molecule has 2 aromatic carbocycles. The fourth-order valence-corrected chi connectivity index (χ4v) is 2.05. The van der Waals surface area contributed by atoms with E-state index in [1.54, 1.807) is 13.2 Å². The molecular formula is C16H16FNO. The molecule has 0 saturated carbocycles. The van der Waals surface area contributed by atoms with E-state index in [1.165, 1.54) is 12.1 Å². The van der Waals surface area contributed by atoms with Crippen LogP contribution in [-0.2, 0) is 0 Å². The summed E-state index contributed by atoms with van der Waals surface area (Å²) in [6.07, 6.45) is 0. The van der Waals surface area contributed by atoms with Gasteiger partial charge in [-0.1, -0.05) is 32.0 Å². The van der Waals surface area contributed by atoms with Crippen molar-refractivity contribution in [1.82, 2.24) is 4.98 Å². The molecule has 2 nitrogen and oxygen atoms in total. The maximum atomic E-state index is 13.2. The van der Waals surface area contributed by atoms with E-state index in [9.17, 15) is 4.39 Å². The lowest BCUT2D eigenvalue weighted by Gasteiger charge is -2.07. The lowest BCUT2D eigenvalue weighted by Crippen LogP contribution is -1.91. The number of aromatic nitrogens is 1. The maximum Gasteiger partial charge on any atom is 0.221 e. The largest absolute Gasteiger partial charge is 0.481 e. The molecule has 0 aliphatic rings. The zero-order valence-electron chi connectivity index (χ0n) is 11.3. The third-order valence-corrected chi connectivity index (χ3v) is 2.82. The van der Waals surface area contributed by atoms with E-state index in [0.717, 1.165) is 16.2 Å². The number of hydrogen-bond acceptors (Lipinski definition) is 2. The Morgan fingerprint density at radius 1 is 0.947 bits per heavy atom. The first-order valence-electron chi connectivity index (χ1n) is 6.31. The molecule has 1 heterocycles. The molecule has 98 valence electrons. The average Bonchev–Trinajstić information content (AvgIpc) is 2.48. The van der Waals surface area contributed by atoms with Crippen molar-refractivity contribution in [2.45, 2.75) is 13.8 Å². The number of ether oxygens (including phenoxy) is 1. The minimum Gasteiger partial charge on any atom is -0.481 e. The van der Waals surface area contributed by atoms with E-state index in [4.69, 9.17) is 4.74 Å². The van der Waals surface area contributed by atoms with Gasteiger partial charge in [-0.15, -0.1) is 0 Å². The van der Waals surface area contributed by atoms with Crippen LogP contribution in [0.25, 0.3) is 21.7 Å². The van der Waals surface area contributed by atoms with Gasteiger partial charge in [0.15, 0.2) is 0 Å². The highest BCUT2D eigenvalue weighted by Gasteiger charge is 2.08. The number of nitrogens with zero attached hydrogens (tertiary/aromatic N) is 1. The van der Waals surface area contributed by atoms with Crippen LogP contribution >= 0.6 is 0 Å². The minimum atomic E-state index is -0.290. The van der Waals surface area contributed by atoms with Crippen molar-refractivity contribution in [2.75, 3.05) is 7.11 Å². The quantitative estimate of drug-likeness (QED) is 0.596. The Balaban J connectivity index is 0.000000637. The minimum absolute atomic E-state index is 0.290. The fourth-order valence-electron chi connectivity index (χ4n) is 2.05. The number of halogens is 1. The van der Waals surface area contributed by atoms with Gasteiger partial charge in [-0.3, -0.25) is 0 Å². The van der Waals surface area contributed by atoms with Crippen molar-refractivity contribution < 1.29 is 9.13 Å². The molecule has 0 spiro atoms. The molecular weight excluding hydrogens is 241 g/mol. The van der Waals surface area contributed by atoms with Crippen LogP contribution in [-0.4, -0.2) is 12.1 Å². The summed E-state index contributed by atoms with van der Waals surface area (Å²) < 4.78 is 18.4. The molecule has 0 atom stereocenters. The van der Waals surface area contributed by atoms with Gasteiger partial charge in [0.2, 0.25) is 5.88 Å². The molecule has 3 aromatic rings. The number of rotatable bonds is 1. The van der Waals surface area contributed by atoms with E-state index in [2.05, 4.69) is 4.98 Å². The third-order valence-electron chi connectivity index (χ3n) is 2.82. The van der Waals surface area contributed by atoms with E-state index < -0.39 is 0 Å². The van der Waals surface area contributed by atoms with Gasteiger partial charge in [0.25, 0.3) is 0 Å². The maximum absolute atomic E-state index is 13.2. The topological polar surface area (TPSA) is 22.1 Å². The Kier molecular flexibility index (Phi) is 3.95. The Labute approximate surface area is 111 Å². The number of fused-ring (bicyclic) bond motifs is 3. The molecule has 0 aliphatic heterocycles. The predicted octanol–water partition coefficient (Wildman–Crippen LogP) is 4.56. The zero-order valence-corrected chi connectivity index (χ0v) is 11.3. The van der Waals surface area contributed by atoms with Gasteiger partial charge < -0.3 is 4.74 Å². The van der Waals surface area contributed by atoms with Crippen LogP contribution in [0.1, 0.15) is 13.8 Å². The van der Waals surface area contributed by atoms with Gasteiger partial charge in [-0.25, -0.2) is 9.37 Å². The van der Waals surface area contributed by atoms with Crippen LogP contribution in [0.15, 0.2) is 42.5 Å². The molecule has 0 fully saturated rings. The molecule has 0 amide bonds. The number of benzene rings is 2. The van der Waals surface area contributed by atoms with Gasteiger partial charge in [0.1, 0.15) is 5.82 Å². The van der Waals surface area contributed by atoms with Crippen molar-refractivity contribution in [3.63, 3.8) is 0 Å². The highest BCUT2D eigenvalue weighted by atomic mass is 19.1. The summed E-state index contributed by atoms with van der Waals surface area (Å²) in [6.45, 7) is 4.00. The summed E-state index contributed by atoms with van der Waals surface area (Å²) in [5.41, 5.74) is 0.612. The van der Waals surface area contributed by atoms with Crippen molar-refractivity contribution in [2.24, 2.45) is 0 Å². The van der Waals surface area contributed by atoms with Crippen LogP contribution in [0.2, 0.25) is 0 Å².